The van der Waals surface area contributed by atoms with E-state index in [1.54, 1.807) is 18.3 Å². The molecule has 1 amide bonds. The van der Waals surface area contributed by atoms with Crippen molar-refractivity contribution < 1.29 is 9.18 Å². The zero-order valence-electron chi connectivity index (χ0n) is 8.70. The predicted molar refractivity (Wildman–Crippen MR) is 61.5 cm³/mol. The fourth-order valence-corrected chi connectivity index (χ4v) is 1.80. The Morgan fingerprint density at radius 1 is 1.35 bits per heavy atom. The van der Waals surface area contributed by atoms with Gasteiger partial charge in [-0.1, -0.05) is 0 Å². The number of carbonyl (C=O) groups is 1. The van der Waals surface area contributed by atoms with Crippen LogP contribution in [0.1, 0.15) is 11.3 Å². The molecule has 1 aliphatic rings. The zero-order chi connectivity index (χ0) is 11.8. The number of nitrogens with one attached hydrogen (secondary N) is 2. The van der Waals surface area contributed by atoms with E-state index in [1.807, 2.05) is 0 Å². The third-order valence-corrected chi connectivity index (χ3v) is 2.58. The molecule has 0 aliphatic carbocycles. The Morgan fingerprint density at radius 3 is 3.00 bits per heavy atom. The molecule has 0 atom stereocenters. The van der Waals surface area contributed by atoms with Gasteiger partial charge in [0, 0.05) is 11.3 Å². The SMILES string of the molecule is O=C1Nc2ccc(F)cc2C1=Cc1cnc[nH]1. The Kier molecular flexibility index (Phi) is 2.04. The summed E-state index contributed by atoms with van der Waals surface area (Å²) in [6, 6.07) is 4.21. The van der Waals surface area contributed by atoms with E-state index < -0.39 is 0 Å². The fraction of sp³-hybridized carbons (Fsp3) is 0. The number of carbonyl (C=O) groups excluding carboxylic acids is 1. The van der Waals surface area contributed by atoms with Crippen LogP contribution < -0.4 is 5.32 Å². The first-order valence-electron chi connectivity index (χ1n) is 5.05. The highest BCUT2D eigenvalue weighted by Crippen LogP contribution is 2.33. The number of benzene rings is 1. The standard InChI is InChI=1S/C12H8FN3O/c13-7-1-2-11-9(3-7)10(12(17)16-11)4-8-5-14-6-15-8/h1-6H,(H,14,15)(H,16,17). The van der Waals surface area contributed by atoms with Crippen molar-refractivity contribution in [2.45, 2.75) is 0 Å². The number of aromatic nitrogens is 2. The first kappa shape index (κ1) is 9.77. The van der Waals surface area contributed by atoms with Gasteiger partial charge in [-0.05, 0) is 24.3 Å². The van der Waals surface area contributed by atoms with Crippen LogP contribution in [-0.2, 0) is 4.79 Å². The Bertz CT molecular complexity index is 617. The average molecular weight is 229 g/mol. The lowest BCUT2D eigenvalue weighted by Crippen LogP contribution is -2.03. The minimum Gasteiger partial charge on any atom is -0.345 e. The van der Waals surface area contributed by atoms with Crippen LogP contribution in [0.3, 0.4) is 0 Å². The summed E-state index contributed by atoms with van der Waals surface area (Å²) in [5.41, 5.74) is 2.34. The number of H-pyrrole nitrogens is 1. The van der Waals surface area contributed by atoms with Gasteiger partial charge in [0.1, 0.15) is 5.82 Å². The maximum Gasteiger partial charge on any atom is 0.256 e. The summed E-state index contributed by atoms with van der Waals surface area (Å²) in [5.74, 6) is -0.601. The molecule has 1 aromatic heterocycles. The van der Waals surface area contributed by atoms with Crippen LogP contribution >= 0.6 is 0 Å². The number of hydrogen-bond acceptors (Lipinski definition) is 2. The minimum atomic E-state index is -0.365. The second-order valence-electron chi connectivity index (χ2n) is 3.71. The molecule has 3 rings (SSSR count). The van der Waals surface area contributed by atoms with Crippen LogP contribution in [0.25, 0.3) is 11.6 Å². The molecule has 0 fully saturated rings. The lowest BCUT2D eigenvalue weighted by atomic mass is 10.1. The number of anilines is 1. The molecule has 0 unspecified atom stereocenters. The van der Waals surface area contributed by atoms with Crippen molar-refractivity contribution in [2.75, 3.05) is 5.32 Å². The molecule has 17 heavy (non-hydrogen) atoms. The van der Waals surface area contributed by atoms with E-state index in [9.17, 15) is 9.18 Å². The maximum absolute atomic E-state index is 13.2. The molecule has 2 aromatic rings. The third-order valence-electron chi connectivity index (χ3n) is 2.58. The van der Waals surface area contributed by atoms with Crippen molar-refractivity contribution in [1.29, 1.82) is 0 Å². The van der Waals surface area contributed by atoms with Crippen LogP contribution in [-0.4, -0.2) is 15.9 Å². The van der Waals surface area contributed by atoms with Gasteiger partial charge in [0.05, 0.1) is 23.8 Å². The van der Waals surface area contributed by atoms with Gasteiger partial charge in [0.15, 0.2) is 0 Å². The summed E-state index contributed by atoms with van der Waals surface area (Å²) in [4.78, 5) is 18.5. The molecule has 4 nitrogen and oxygen atoms in total. The Morgan fingerprint density at radius 2 is 2.24 bits per heavy atom. The number of hydrogen-bond donors (Lipinski definition) is 2. The highest BCUT2D eigenvalue weighted by molar-refractivity contribution is 6.34. The highest BCUT2D eigenvalue weighted by Gasteiger charge is 2.24. The third kappa shape index (κ3) is 1.61. The molecule has 1 aliphatic heterocycles. The van der Waals surface area contributed by atoms with Gasteiger partial charge in [-0.25, -0.2) is 9.37 Å². The minimum absolute atomic E-state index is 0.236. The largest absolute Gasteiger partial charge is 0.345 e. The molecule has 0 saturated heterocycles. The van der Waals surface area contributed by atoms with E-state index in [4.69, 9.17) is 0 Å². The second-order valence-corrected chi connectivity index (χ2v) is 3.71. The number of rotatable bonds is 1. The average Bonchev–Trinajstić information content (AvgIpc) is 2.90. The van der Waals surface area contributed by atoms with E-state index in [1.165, 1.54) is 18.5 Å². The van der Waals surface area contributed by atoms with Crippen molar-refractivity contribution in [1.82, 2.24) is 9.97 Å². The number of nitrogens with zero attached hydrogens (tertiary/aromatic N) is 1. The van der Waals surface area contributed by atoms with Crippen molar-refractivity contribution in [3.8, 4) is 0 Å². The summed E-state index contributed by atoms with van der Waals surface area (Å²) in [7, 11) is 0. The molecule has 0 spiro atoms. The number of aromatic amines is 1. The first-order valence-corrected chi connectivity index (χ1v) is 5.05. The molecule has 0 radical (unpaired) electrons. The van der Waals surface area contributed by atoms with Crippen molar-refractivity contribution >= 4 is 23.2 Å². The van der Waals surface area contributed by atoms with Gasteiger partial charge in [0.2, 0.25) is 0 Å². The summed E-state index contributed by atoms with van der Waals surface area (Å²) in [6.45, 7) is 0. The molecule has 5 heteroatoms. The van der Waals surface area contributed by atoms with Gasteiger partial charge < -0.3 is 10.3 Å². The van der Waals surface area contributed by atoms with Gasteiger partial charge in [-0.3, -0.25) is 4.79 Å². The monoisotopic (exact) mass is 229 g/mol. The first-order chi connectivity index (χ1) is 8.24. The molecule has 2 N–H and O–H groups in total. The van der Waals surface area contributed by atoms with Crippen molar-refractivity contribution in [2.24, 2.45) is 0 Å². The van der Waals surface area contributed by atoms with E-state index in [0.717, 1.165) is 0 Å². The lowest BCUT2D eigenvalue weighted by Gasteiger charge is -1.97. The van der Waals surface area contributed by atoms with Crippen LogP contribution in [0.15, 0.2) is 30.7 Å². The van der Waals surface area contributed by atoms with Gasteiger partial charge >= 0.3 is 0 Å². The van der Waals surface area contributed by atoms with Gasteiger partial charge in [0.25, 0.3) is 5.91 Å². The second kappa shape index (κ2) is 3.55. The molecule has 0 bridgehead atoms. The van der Waals surface area contributed by atoms with Crippen LogP contribution in [0.5, 0.6) is 0 Å². The molecule has 0 saturated carbocycles. The zero-order valence-corrected chi connectivity index (χ0v) is 8.70. The summed E-state index contributed by atoms with van der Waals surface area (Å²) in [6.07, 6.45) is 4.76. The normalized spacial score (nSPS) is 16.1. The highest BCUT2D eigenvalue weighted by atomic mass is 19.1. The van der Waals surface area contributed by atoms with Crippen LogP contribution in [0.2, 0.25) is 0 Å². The van der Waals surface area contributed by atoms with E-state index >= 15 is 0 Å². The topological polar surface area (TPSA) is 57.8 Å². The van der Waals surface area contributed by atoms with E-state index in [2.05, 4.69) is 15.3 Å². The van der Waals surface area contributed by atoms with Gasteiger partial charge in [-0.2, -0.15) is 0 Å². The molecule has 2 heterocycles. The number of imidazole rings is 1. The Balaban J connectivity index is 2.13. The van der Waals surface area contributed by atoms with Crippen LogP contribution in [0, 0.1) is 5.82 Å². The quantitative estimate of drug-likeness (QED) is 0.735. The number of fused-ring (bicyclic) bond motifs is 1. The van der Waals surface area contributed by atoms with E-state index in [0.29, 0.717) is 22.5 Å². The van der Waals surface area contributed by atoms with E-state index in [-0.39, 0.29) is 11.7 Å². The fourth-order valence-electron chi connectivity index (χ4n) is 1.80. The maximum atomic E-state index is 13.2. The Labute approximate surface area is 96.2 Å². The molecule has 84 valence electrons. The number of halogens is 1. The van der Waals surface area contributed by atoms with Crippen LogP contribution in [0.4, 0.5) is 10.1 Å². The molecular weight excluding hydrogens is 221 g/mol. The summed E-state index contributed by atoms with van der Waals surface area (Å²) >= 11 is 0. The van der Waals surface area contributed by atoms with Gasteiger partial charge in [-0.15, -0.1) is 0 Å². The Hall–Kier alpha value is -2.43. The summed E-state index contributed by atoms with van der Waals surface area (Å²) in [5, 5.41) is 2.68. The smallest absolute Gasteiger partial charge is 0.256 e. The predicted octanol–water partition coefficient (Wildman–Crippen LogP) is 2.04. The molecule has 1 aromatic carbocycles. The number of amides is 1. The molecular formula is C12H8FN3O. The summed E-state index contributed by atoms with van der Waals surface area (Å²) < 4.78 is 13.2. The van der Waals surface area contributed by atoms with Crippen molar-refractivity contribution in [3.63, 3.8) is 0 Å². The lowest BCUT2D eigenvalue weighted by molar-refractivity contribution is -0.110. The van der Waals surface area contributed by atoms with Crippen molar-refractivity contribution in [3.05, 3.63) is 47.8 Å².